The first-order valence-corrected chi connectivity index (χ1v) is 11.4. The molecule has 3 aromatic rings. The summed E-state index contributed by atoms with van der Waals surface area (Å²) in [6, 6.07) is 11.1. The number of carbonyl (C=O) groups excluding carboxylic acids is 1. The Kier molecular flexibility index (Phi) is 8.32. The number of nitro groups is 1. The molecule has 0 aliphatic carbocycles. The molecule has 0 saturated heterocycles. The molecule has 0 aliphatic heterocycles. The van der Waals surface area contributed by atoms with E-state index in [9.17, 15) is 14.9 Å². The van der Waals surface area contributed by atoms with E-state index >= 15 is 0 Å². The molecule has 1 atom stereocenters. The molecule has 0 spiro atoms. The summed E-state index contributed by atoms with van der Waals surface area (Å²) in [5.41, 5.74) is -0.0142. The van der Waals surface area contributed by atoms with E-state index in [1.165, 1.54) is 30.0 Å². The van der Waals surface area contributed by atoms with Crippen molar-refractivity contribution in [2.45, 2.75) is 24.7 Å². The van der Waals surface area contributed by atoms with Gasteiger partial charge in [-0.25, -0.2) is 0 Å². The lowest BCUT2D eigenvalue weighted by Gasteiger charge is -2.16. The van der Waals surface area contributed by atoms with Crippen molar-refractivity contribution in [1.29, 1.82) is 0 Å². The Hall–Kier alpha value is -3.08. The summed E-state index contributed by atoms with van der Waals surface area (Å²) in [5, 5.41) is 23.1. The number of anilines is 1. The number of thioether (sulfide) groups is 1. The largest absolute Gasteiger partial charge is 0.483 e. The number of hydrogen-bond donors (Lipinski definition) is 1. The zero-order chi connectivity index (χ0) is 24.0. The number of amides is 1. The highest BCUT2D eigenvalue weighted by Gasteiger charge is 2.20. The van der Waals surface area contributed by atoms with Crippen LogP contribution in [0.25, 0.3) is 0 Å². The Bertz CT molecular complexity index is 1190. The van der Waals surface area contributed by atoms with Crippen molar-refractivity contribution < 1.29 is 14.5 Å². The summed E-state index contributed by atoms with van der Waals surface area (Å²) in [6.45, 7) is 6.01. The molecule has 9 nitrogen and oxygen atoms in total. The fourth-order valence-electron chi connectivity index (χ4n) is 2.86. The maximum absolute atomic E-state index is 12.4. The van der Waals surface area contributed by atoms with Crippen LogP contribution in [0.5, 0.6) is 5.75 Å². The van der Waals surface area contributed by atoms with Gasteiger partial charge >= 0.3 is 0 Å². The number of carbonyl (C=O) groups is 1. The minimum Gasteiger partial charge on any atom is -0.483 e. The zero-order valence-electron chi connectivity index (χ0n) is 17.4. The van der Waals surface area contributed by atoms with Crippen LogP contribution in [0.15, 0.2) is 60.3 Å². The van der Waals surface area contributed by atoms with Crippen LogP contribution in [0.4, 0.5) is 11.4 Å². The molecule has 172 valence electrons. The maximum Gasteiger partial charge on any atom is 0.289 e. The quantitative estimate of drug-likeness (QED) is 0.165. The highest BCUT2D eigenvalue weighted by atomic mass is 35.5. The third-order valence-corrected chi connectivity index (χ3v) is 5.81. The molecule has 1 N–H and O–H groups in total. The van der Waals surface area contributed by atoms with Gasteiger partial charge < -0.3 is 10.1 Å². The van der Waals surface area contributed by atoms with Gasteiger partial charge in [-0.3, -0.25) is 19.5 Å². The zero-order valence-corrected chi connectivity index (χ0v) is 19.7. The van der Waals surface area contributed by atoms with Crippen molar-refractivity contribution in [2.24, 2.45) is 0 Å². The van der Waals surface area contributed by atoms with Crippen molar-refractivity contribution in [3.05, 3.63) is 81.1 Å². The fraction of sp³-hybridized carbons (Fsp3) is 0.190. The number of nitrogens with zero attached hydrogens (tertiary/aromatic N) is 4. The van der Waals surface area contributed by atoms with E-state index in [0.717, 1.165) is 0 Å². The van der Waals surface area contributed by atoms with Gasteiger partial charge in [-0.2, -0.15) is 0 Å². The fourth-order valence-corrected chi connectivity index (χ4v) is 3.98. The van der Waals surface area contributed by atoms with Crippen LogP contribution in [0.2, 0.25) is 10.0 Å². The monoisotopic (exact) mass is 507 g/mol. The van der Waals surface area contributed by atoms with Crippen LogP contribution in [-0.4, -0.2) is 31.3 Å². The molecular formula is C21H19Cl2N5O4S. The van der Waals surface area contributed by atoms with Gasteiger partial charge in [0.1, 0.15) is 10.8 Å². The minimum absolute atomic E-state index is 0.00783. The standard InChI is InChI=1S/C21H19Cl2N5O4S/c1-3-9-27-20(13(2)32-16-6-4-5-14(22)10-16)25-26-21(27)33-12-19(29)24-15-7-8-17(23)18(11-15)28(30)31/h3-8,10-11,13H,1,9,12H2,2H3,(H,24,29). The summed E-state index contributed by atoms with van der Waals surface area (Å²) < 4.78 is 7.73. The van der Waals surface area contributed by atoms with Crippen LogP contribution in [0, 0.1) is 10.1 Å². The van der Waals surface area contributed by atoms with Gasteiger partial charge in [0.2, 0.25) is 5.91 Å². The Morgan fingerprint density at radius 1 is 1.33 bits per heavy atom. The number of rotatable bonds is 10. The average molecular weight is 508 g/mol. The van der Waals surface area contributed by atoms with Gasteiger partial charge in [0.15, 0.2) is 17.1 Å². The molecule has 0 fully saturated rings. The molecule has 0 bridgehead atoms. The average Bonchev–Trinajstić information content (AvgIpc) is 3.16. The van der Waals surface area contributed by atoms with Gasteiger partial charge in [0.05, 0.1) is 10.7 Å². The summed E-state index contributed by atoms with van der Waals surface area (Å²) in [6.07, 6.45) is 1.25. The van der Waals surface area contributed by atoms with Crippen molar-refractivity contribution in [3.8, 4) is 5.75 Å². The summed E-state index contributed by atoms with van der Waals surface area (Å²) in [5.74, 6) is 0.796. The Morgan fingerprint density at radius 3 is 2.82 bits per heavy atom. The number of benzene rings is 2. The predicted molar refractivity (Wildman–Crippen MR) is 128 cm³/mol. The Morgan fingerprint density at radius 2 is 2.12 bits per heavy atom. The van der Waals surface area contributed by atoms with Crippen molar-refractivity contribution in [2.75, 3.05) is 11.1 Å². The molecule has 33 heavy (non-hydrogen) atoms. The third-order valence-electron chi connectivity index (χ3n) is 4.29. The predicted octanol–water partition coefficient (Wildman–Crippen LogP) is 5.55. The summed E-state index contributed by atoms with van der Waals surface area (Å²) >= 11 is 13.0. The molecule has 1 amide bonds. The lowest BCUT2D eigenvalue weighted by Crippen LogP contribution is -2.15. The Labute approximate surface area is 203 Å². The molecule has 0 radical (unpaired) electrons. The van der Waals surface area contributed by atoms with E-state index < -0.39 is 11.0 Å². The first-order chi connectivity index (χ1) is 15.8. The molecular weight excluding hydrogens is 489 g/mol. The molecule has 2 aromatic carbocycles. The van der Waals surface area contributed by atoms with E-state index in [2.05, 4.69) is 22.1 Å². The van der Waals surface area contributed by atoms with E-state index in [4.69, 9.17) is 27.9 Å². The van der Waals surface area contributed by atoms with Crippen molar-refractivity contribution in [3.63, 3.8) is 0 Å². The van der Waals surface area contributed by atoms with E-state index in [0.29, 0.717) is 28.3 Å². The van der Waals surface area contributed by atoms with Crippen LogP contribution in [-0.2, 0) is 11.3 Å². The first kappa shape index (κ1) is 24.6. The molecule has 1 aromatic heterocycles. The first-order valence-electron chi connectivity index (χ1n) is 9.61. The van der Waals surface area contributed by atoms with Crippen LogP contribution in [0.1, 0.15) is 18.9 Å². The topological polar surface area (TPSA) is 112 Å². The van der Waals surface area contributed by atoms with Gasteiger partial charge in [-0.15, -0.1) is 16.8 Å². The second kappa shape index (κ2) is 11.2. The van der Waals surface area contributed by atoms with Crippen LogP contribution in [0.3, 0.4) is 0 Å². The smallest absolute Gasteiger partial charge is 0.289 e. The van der Waals surface area contributed by atoms with Crippen LogP contribution < -0.4 is 10.1 Å². The molecule has 1 unspecified atom stereocenters. The number of halogens is 2. The van der Waals surface area contributed by atoms with Crippen LogP contribution >= 0.6 is 35.0 Å². The highest BCUT2D eigenvalue weighted by molar-refractivity contribution is 7.99. The molecule has 0 saturated carbocycles. The SMILES string of the molecule is C=CCn1c(SCC(=O)Nc2ccc(Cl)c([N+](=O)[O-])c2)nnc1C(C)Oc1cccc(Cl)c1. The lowest BCUT2D eigenvalue weighted by molar-refractivity contribution is -0.384. The molecule has 1 heterocycles. The molecule has 0 aliphatic rings. The number of nitrogens with one attached hydrogen (secondary N) is 1. The lowest BCUT2D eigenvalue weighted by atomic mass is 10.3. The number of hydrogen-bond acceptors (Lipinski definition) is 7. The minimum atomic E-state index is -0.612. The van der Waals surface area contributed by atoms with E-state index in [1.807, 2.05) is 6.92 Å². The van der Waals surface area contributed by atoms with Crippen molar-refractivity contribution in [1.82, 2.24) is 14.8 Å². The van der Waals surface area contributed by atoms with Gasteiger partial charge in [-0.1, -0.05) is 47.1 Å². The third kappa shape index (κ3) is 6.47. The summed E-state index contributed by atoms with van der Waals surface area (Å²) in [7, 11) is 0. The number of ether oxygens (including phenoxy) is 1. The van der Waals surface area contributed by atoms with Crippen molar-refractivity contribution >= 4 is 52.2 Å². The van der Waals surface area contributed by atoms with E-state index in [-0.39, 0.29) is 28.1 Å². The maximum atomic E-state index is 12.4. The second-order valence-electron chi connectivity index (χ2n) is 6.72. The number of aromatic nitrogens is 3. The Balaban J connectivity index is 1.68. The highest BCUT2D eigenvalue weighted by Crippen LogP contribution is 2.28. The number of allylic oxidation sites excluding steroid dienone is 1. The van der Waals surface area contributed by atoms with Gasteiger partial charge in [-0.05, 0) is 37.3 Å². The second-order valence-corrected chi connectivity index (χ2v) is 8.50. The summed E-state index contributed by atoms with van der Waals surface area (Å²) in [4.78, 5) is 22.8. The van der Waals surface area contributed by atoms with E-state index in [1.54, 1.807) is 34.9 Å². The number of nitro benzene ring substituents is 1. The normalized spacial score (nSPS) is 11.6. The van der Waals surface area contributed by atoms with Gasteiger partial charge in [0, 0.05) is 23.3 Å². The van der Waals surface area contributed by atoms with Gasteiger partial charge in [0.25, 0.3) is 5.69 Å². The molecule has 12 heteroatoms. The molecule has 3 rings (SSSR count).